The van der Waals surface area contributed by atoms with Crippen molar-refractivity contribution in [1.29, 1.82) is 0 Å². The number of carbonyl (C=O) groups is 2. The SMILES string of the molecule is C=C(c1nc(C)c([C@@](C)(C(=O)CC)c2ccc(CCC(=O)O)cc2)c(N)n1)c1ccc(Cl)cc1C(C)C. The summed E-state index contributed by atoms with van der Waals surface area (Å²) < 4.78 is 0. The first-order chi connectivity index (χ1) is 17.4. The third-order valence-electron chi connectivity index (χ3n) is 6.89. The summed E-state index contributed by atoms with van der Waals surface area (Å²) in [6.45, 7) is 13.9. The summed E-state index contributed by atoms with van der Waals surface area (Å²) in [6, 6.07) is 13.1. The van der Waals surface area contributed by atoms with E-state index in [9.17, 15) is 9.59 Å². The van der Waals surface area contributed by atoms with Crippen molar-refractivity contribution in [1.82, 2.24) is 9.97 Å². The summed E-state index contributed by atoms with van der Waals surface area (Å²) in [5.41, 5.74) is 10.9. The average Bonchev–Trinajstić information content (AvgIpc) is 2.86. The third kappa shape index (κ3) is 5.75. The van der Waals surface area contributed by atoms with Gasteiger partial charge in [-0.05, 0) is 60.6 Å². The second-order valence-electron chi connectivity index (χ2n) is 9.75. The predicted octanol–water partition coefficient (Wildman–Crippen LogP) is 6.51. The smallest absolute Gasteiger partial charge is 0.303 e. The first-order valence-electron chi connectivity index (χ1n) is 12.4. The van der Waals surface area contributed by atoms with E-state index in [0.29, 0.717) is 40.5 Å². The number of Topliss-reactive ketones (excluding diaryl/α,β-unsaturated/α-hetero) is 1. The lowest BCUT2D eigenvalue weighted by Crippen LogP contribution is -2.36. The number of aromatic nitrogens is 2. The minimum atomic E-state index is -1.07. The number of carbonyl (C=O) groups excluding carboxylic acids is 1. The number of carboxylic acids is 1. The lowest BCUT2D eigenvalue weighted by atomic mass is 9.71. The number of hydrogen-bond acceptors (Lipinski definition) is 5. The Morgan fingerprint density at radius 3 is 2.32 bits per heavy atom. The van der Waals surface area contributed by atoms with Gasteiger partial charge in [-0.15, -0.1) is 0 Å². The summed E-state index contributed by atoms with van der Waals surface area (Å²) in [5.74, 6) is -0.0275. The number of carboxylic acid groups (broad SMARTS) is 1. The van der Waals surface area contributed by atoms with E-state index in [1.165, 1.54) is 0 Å². The van der Waals surface area contributed by atoms with E-state index in [4.69, 9.17) is 27.4 Å². The number of ketones is 1. The van der Waals surface area contributed by atoms with Gasteiger partial charge in [0.05, 0.1) is 5.41 Å². The number of halogens is 1. The number of aryl methyl sites for hydroxylation is 2. The zero-order chi connectivity index (χ0) is 27.5. The van der Waals surface area contributed by atoms with E-state index in [2.05, 4.69) is 25.4 Å². The number of nitrogens with two attached hydrogens (primary N) is 1. The van der Waals surface area contributed by atoms with Crippen LogP contribution in [0.25, 0.3) is 5.57 Å². The minimum Gasteiger partial charge on any atom is -0.481 e. The van der Waals surface area contributed by atoms with Gasteiger partial charge < -0.3 is 10.8 Å². The molecule has 0 unspecified atom stereocenters. The van der Waals surface area contributed by atoms with E-state index in [0.717, 1.165) is 22.3 Å². The fourth-order valence-electron chi connectivity index (χ4n) is 4.81. The van der Waals surface area contributed by atoms with Gasteiger partial charge in [0.2, 0.25) is 0 Å². The van der Waals surface area contributed by atoms with Crippen molar-refractivity contribution >= 4 is 34.7 Å². The quantitative estimate of drug-likeness (QED) is 0.316. The number of nitrogen functional groups attached to an aromatic ring is 1. The molecule has 0 aliphatic rings. The molecule has 1 heterocycles. The van der Waals surface area contributed by atoms with Gasteiger partial charge in [0.1, 0.15) is 11.6 Å². The molecule has 1 aromatic heterocycles. The van der Waals surface area contributed by atoms with Crippen LogP contribution in [0.4, 0.5) is 5.82 Å². The number of anilines is 1. The molecule has 0 saturated heterocycles. The van der Waals surface area contributed by atoms with Gasteiger partial charge in [-0.3, -0.25) is 9.59 Å². The number of rotatable bonds is 10. The third-order valence-corrected chi connectivity index (χ3v) is 7.12. The van der Waals surface area contributed by atoms with Crippen LogP contribution in [0.3, 0.4) is 0 Å². The highest BCUT2D eigenvalue weighted by molar-refractivity contribution is 6.30. The predicted molar refractivity (Wildman–Crippen MR) is 149 cm³/mol. The Kier molecular flexibility index (Phi) is 8.54. The molecular weight excluding hydrogens is 486 g/mol. The maximum absolute atomic E-state index is 13.4. The molecule has 0 radical (unpaired) electrons. The fourth-order valence-corrected chi connectivity index (χ4v) is 4.99. The van der Waals surface area contributed by atoms with Crippen LogP contribution in [0, 0.1) is 6.92 Å². The molecule has 6 nitrogen and oxygen atoms in total. The molecule has 3 rings (SSSR count). The molecule has 7 heteroatoms. The Labute approximate surface area is 223 Å². The normalized spacial score (nSPS) is 12.8. The zero-order valence-corrected chi connectivity index (χ0v) is 22.8. The van der Waals surface area contributed by atoms with Crippen LogP contribution in [0.5, 0.6) is 0 Å². The number of nitrogens with zero attached hydrogens (tertiary/aromatic N) is 2. The molecule has 0 amide bonds. The van der Waals surface area contributed by atoms with Crippen molar-refractivity contribution in [2.45, 2.75) is 65.2 Å². The fraction of sp³-hybridized carbons (Fsp3) is 0.333. The van der Waals surface area contributed by atoms with Crippen LogP contribution in [0.1, 0.15) is 85.8 Å². The van der Waals surface area contributed by atoms with E-state index >= 15 is 0 Å². The molecule has 0 aliphatic heterocycles. The Hall–Kier alpha value is -3.51. The lowest BCUT2D eigenvalue weighted by Gasteiger charge is -2.31. The molecular formula is C30H34ClN3O3. The summed E-state index contributed by atoms with van der Waals surface area (Å²) in [4.78, 5) is 33.7. The molecule has 2 aromatic carbocycles. The molecule has 0 fully saturated rings. The maximum Gasteiger partial charge on any atom is 0.303 e. The van der Waals surface area contributed by atoms with Crippen molar-refractivity contribution in [2.24, 2.45) is 0 Å². The molecule has 194 valence electrons. The first-order valence-corrected chi connectivity index (χ1v) is 12.8. The van der Waals surface area contributed by atoms with Gasteiger partial charge in [0.25, 0.3) is 0 Å². The highest BCUT2D eigenvalue weighted by Gasteiger charge is 2.40. The van der Waals surface area contributed by atoms with Gasteiger partial charge in [0.15, 0.2) is 5.82 Å². The van der Waals surface area contributed by atoms with Crippen molar-refractivity contribution in [2.75, 3.05) is 5.73 Å². The monoisotopic (exact) mass is 519 g/mol. The van der Waals surface area contributed by atoms with E-state index in [1.807, 2.05) is 63.2 Å². The number of hydrogen-bond donors (Lipinski definition) is 2. The highest BCUT2D eigenvalue weighted by atomic mass is 35.5. The second-order valence-corrected chi connectivity index (χ2v) is 10.2. The van der Waals surface area contributed by atoms with E-state index in [1.54, 1.807) is 0 Å². The maximum atomic E-state index is 13.4. The Bertz CT molecular complexity index is 1330. The topological polar surface area (TPSA) is 106 Å². The molecule has 0 spiro atoms. The number of benzene rings is 2. The molecule has 0 aliphatic carbocycles. The van der Waals surface area contributed by atoms with Crippen molar-refractivity contribution < 1.29 is 14.7 Å². The first kappa shape index (κ1) is 28.1. The van der Waals surface area contributed by atoms with Gasteiger partial charge in [-0.25, -0.2) is 9.97 Å². The van der Waals surface area contributed by atoms with Crippen molar-refractivity contribution in [3.63, 3.8) is 0 Å². The minimum absolute atomic E-state index is 0.0180. The Morgan fingerprint density at radius 1 is 1.14 bits per heavy atom. The van der Waals surface area contributed by atoms with Crippen molar-refractivity contribution in [3.8, 4) is 0 Å². The lowest BCUT2D eigenvalue weighted by molar-refractivity contribution is -0.137. The summed E-state index contributed by atoms with van der Waals surface area (Å²) in [7, 11) is 0. The Balaban J connectivity index is 2.09. The standard InChI is InChI=1S/C30H34ClN3O3/c1-7-25(35)30(6,21-11-8-20(9-12-21)10-15-26(36)37)27-19(5)33-29(34-28(27)32)18(4)23-14-13-22(31)16-24(23)17(2)3/h8-9,11-14,16-17H,4,7,10,15H2,1-3,5-6H3,(H,36,37)(H2,32,33,34)/t30-/m1/s1. The van der Waals surface area contributed by atoms with E-state index in [-0.39, 0.29) is 23.9 Å². The van der Waals surface area contributed by atoms with Crippen LogP contribution in [-0.4, -0.2) is 26.8 Å². The van der Waals surface area contributed by atoms with Crippen molar-refractivity contribution in [3.05, 3.63) is 93.4 Å². The zero-order valence-electron chi connectivity index (χ0n) is 22.1. The molecule has 37 heavy (non-hydrogen) atoms. The molecule has 0 bridgehead atoms. The van der Waals surface area contributed by atoms with E-state index < -0.39 is 11.4 Å². The molecule has 0 saturated carbocycles. The Morgan fingerprint density at radius 2 is 1.78 bits per heavy atom. The van der Waals surface area contributed by atoms with Crippen LogP contribution in [0.2, 0.25) is 5.02 Å². The van der Waals surface area contributed by atoms with Gasteiger partial charge >= 0.3 is 5.97 Å². The summed E-state index contributed by atoms with van der Waals surface area (Å²) >= 11 is 6.24. The highest BCUT2D eigenvalue weighted by Crippen LogP contribution is 2.39. The summed E-state index contributed by atoms with van der Waals surface area (Å²) in [6.07, 6.45) is 0.757. The summed E-state index contributed by atoms with van der Waals surface area (Å²) in [5, 5.41) is 9.63. The molecule has 3 aromatic rings. The number of aliphatic carboxylic acids is 1. The van der Waals surface area contributed by atoms with Crippen LogP contribution < -0.4 is 5.73 Å². The van der Waals surface area contributed by atoms with Crippen LogP contribution >= 0.6 is 11.6 Å². The van der Waals surface area contributed by atoms with Gasteiger partial charge in [-0.1, -0.05) is 69.3 Å². The average molecular weight is 520 g/mol. The second kappa shape index (κ2) is 11.3. The van der Waals surface area contributed by atoms with Crippen LogP contribution in [0.15, 0.2) is 49.0 Å². The van der Waals surface area contributed by atoms with Gasteiger partial charge in [0, 0.05) is 34.7 Å². The van der Waals surface area contributed by atoms with Crippen LogP contribution in [-0.2, 0) is 21.4 Å². The molecule has 3 N–H and O–H groups in total. The molecule has 1 atom stereocenters. The largest absolute Gasteiger partial charge is 0.481 e. The van der Waals surface area contributed by atoms with Gasteiger partial charge in [-0.2, -0.15) is 0 Å².